The van der Waals surface area contributed by atoms with E-state index in [0.29, 0.717) is 17.3 Å². The van der Waals surface area contributed by atoms with E-state index in [-0.39, 0.29) is 0 Å². The summed E-state index contributed by atoms with van der Waals surface area (Å²) in [7, 11) is 0. The van der Waals surface area contributed by atoms with Crippen LogP contribution in [0.3, 0.4) is 0 Å². The Kier molecular flexibility index (Phi) is 4.72. The smallest absolute Gasteiger partial charge is 0.269 e. The molecule has 1 saturated heterocycles. The molecule has 1 aliphatic heterocycles. The van der Waals surface area contributed by atoms with Gasteiger partial charge in [-0.2, -0.15) is 5.10 Å². The molecule has 2 aromatic carbocycles. The summed E-state index contributed by atoms with van der Waals surface area (Å²) >= 11 is 0. The minimum Gasteiger partial charge on any atom is -0.457 e. The van der Waals surface area contributed by atoms with Crippen molar-refractivity contribution in [1.29, 1.82) is 0 Å². The Balaban J connectivity index is 1.51. The number of piperidine rings is 1. The number of primary amides is 1. The summed E-state index contributed by atoms with van der Waals surface area (Å²) in [6, 6.07) is 17.2. The zero-order valence-electron chi connectivity index (χ0n) is 16.5. The van der Waals surface area contributed by atoms with Crippen LogP contribution in [0, 0.1) is 0 Å². The molecule has 7 heteroatoms. The summed E-state index contributed by atoms with van der Waals surface area (Å²) in [5.74, 6) is 1.39. The lowest BCUT2D eigenvalue weighted by Gasteiger charge is -2.21. The van der Waals surface area contributed by atoms with Gasteiger partial charge in [-0.1, -0.05) is 18.2 Å². The van der Waals surface area contributed by atoms with Crippen molar-refractivity contribution in [3.8, 4) is 22.8 Å². The van der Waals surface area contributed by atoms with Crippen molar-refractivity contribution in [3.63, 3.8) is 0 Å². The van der Waals surface area contributed by atoms with Crippen LogP contribution in [-0.2, 0) is 0 Å². The Hall–Kier alpha value is -3.58. The zero-order valence-corrected chi connectivity index (χ0v) is 16.5. The van der Waals surface area contributed by atoms with E-state index >= 15 is 0 Å². The summed E-state index contributed by atoms with van der Waals surface area (Å²) in [6.07, 6.45) is 3.95. The normalized spacial score (nSPS) is 14.8. The van der Waals surface area contributed by atoms with E-state index in [1.807, 2.05) is 60.8 Å². The number of hydrogen-bond acceptors (Lipinski definition) is 4. The van der Waals surface area contributed by atoms with Gasteiger partial charge in [-0.25, -0.2) is 4.52 Å². The fourth-order valence-electron chi connectivity index (χ4n) is 4.12. The summed E-state index contributed by atoms with van der Waals surface area (Å²) < 4.78 is 7.51. The molecule has 4 N–H and O–H groups in total. The molecule has 4 aromatic rings. The second kappa shape index (κ2) is 7.68. The number of aromatic nitrogens is 3. The number of aromatic amines is 1. The predicted octanol–water partition coefficient (Wildman–Crippen LogP) is 3.69. The number of hydrogen-bond donors (Lipinski definition) is 3. The molecule has 0 aliphatic carbocycles. The molecule has 7 nitrogen and oxygen atoms in total. The minimum atomic E-state index is -0.513. The highest BCUT2D eigenvalue weighted by molar-refractivity contribution is 5.98. The second-order valence-electron chi connectivity index (χ2n) is 7.54. The van der Waals surface area contributed by atoms with Crippen molar-refractivity contribution in [2.24, 2.45) is 5.73 Å². The fourth-order valence-corrected chi connectivity index (χ4v) is 4.12. The number of H-pyrrole nitrogens is 1. The Bertz CT molecular complexity index is 1170. The third kappa shape index (κ3) is 3.33. The standard InChI is InChI=1S/C23H23N5O2/c24-22(29)21-20(16-6-8-18(9-7-16)30-17-4-2-1-3-5-17)27-23-19(14-26-28(21)23)15-10-12-25-13-11-15/h1-9,14-15,25,27H,10-13H2,(H2,24,29). The molecule has 0 unspecified atom stereocenters. The number of para-hydroxylation sites is 1. The summed E-state index contributed by atoms with van der Waals surface area (Å²) in [6.45, 7) is 1.97. The number of nitrogens with one attached hydrogen (secondary N) is 2. The molecule has 0 saturated carbocycles. The number of imidazole rings is 1. The van der Waals surface area contributed by atoms with Gasteiger partial charge >= 0.3 is 0 Å². The Morgan fingerprint density at radius 1 is 1.03 bits per heavy atom. The Morgan fingerprint density at radius 2 is 1.73 bits per heavy atom. The maximum Gasteiger partial charge on any atom is 0.269 e. The monoisotopic (exact) mass is 401 g/mol. The molecule has 0 spiro atoms. The van der Waals surface area contributed by atoms with Gasteiger partial charge in [0.2, 0.25) is 0 Å². The largest absolute Gasteiger partial charge is 0.457 e. The van der Waals surface area contributed by atoms with Gasteiger partial charge < -0.3 is 20.8 Å². The average Bonchev–Trinajstić information content (AvgIpc) is 3.35. The van der Waals surface area contributed by atoms with E-state index in [4.69, 9.17) is 10.5 Å². The number of fused-ring (bicyclic) bond motifs is 1. The van der Waals surface area contributed by atoms with Crippen molar-refractivity contribution < 1.29 is 9.53 Å². The number of nitrogens with two attached hydrogens (primary N) is 1. The van der Waals surface area contributed by atoms with Gasteiger partial charge in [-0.3, -0.25) is 4.79 Å². The van der Waals surface area contributed by atoms with E-state index in [1.54, 1.807) is 4.52 Å². The van der Waals surface area contributed by atoms with E-state index in [1.165, 1.54) is 0 Å². The first-order valence-corrected chi connectivity index (χ1v) is 10.1. The molecule has 0 radical (unpaired) electrons. The Morgan fingerprint density at radius 3 is 2.43 bits per heavy atom. The first kappa shape index (κ1) is 18.4. The number of carbonyl (C=O) groups is 1. The molecule has 0 atom stereocenters. The van der Waals surface area contributed by atoms with Crippen LogP contribution in [0.25, 0.3) is 16.9 Å². The van der Waals surface area contributed by atoms with Gasteiger partial charge in [0.05, 0.1) is 11.9 Å². The first-order valence-electron chi connectivity index (χ1n) is 10.1. The summed E-state index contributed by atoms with van der Waals surface area (Å²) in [5.41, 5.74) is 9.59. The van der Waals surface area contributed by atoms with Crippen molar-refractivity contribution >= 4 is 11.6 Å². The number of nitrogens with zero attached hydrogens (tertiary/aromatic N) is 2. The maximum absolute atomic E-state index is 12.3. The molecular formula is C23H23N5O2. The molecule has 1 aliphatic rings. The van der Waals surface area contributed by atoms with Crippen LogP contribution in [-0.4, -0.2) is 33.6 Å². The van der Waals surface area contributed by atoms with Crippen LogP contribution in [0.5, 0.6) is 11.5 Å². The molecule has 3 heterocycles. The molecule has 30 heavy (non-hydrogen) atoms. The molecule has 2 aromatic heterocycles. The van der Waals surface area contributed by atoms with Crippen molar-refractivity contribution in [2.75, 3.05) is 13.1 Å². The van der Waals surface area contributed by atoms with Crippen molar-refractivity contribution in [3.05, 3.63) is 72.1 Å². The lowest BCUT2D eigenvalue weighted by atomic mass is 9.92. The average molecular weight is 401 g/mol. The maximum atomic E-state index is 12.3. The lowest BCUT2D eigenvalue weighted by Crippen LogP contribution is -2.26. The van der Waals surface area contributed by atoms with Gasteiger partial charge in [-0.05, 0) is 68.2 Å². The van der Waals surface area contributed by atoms with Crippen LogP contribution in [0.2, 0.25) is 0 Å². The van der Waals surface area contributed by atoms with Crippen LogP contribution < -0.4 is 15.8 Å². The predicted molar refractivity (Wildman–Crippen MR) is 115 cm³/mol. The molecule has 152 valence electrons. The number of ether oxygens (including phenoxy) is 1. The molecule has 1 amide bonds. The van der Waals surface area contributed by atoms with E-state index in [2.05, 4.69) is 15.4 Å². The van der Waals surface area contributed by atoms with Gasteiger partial charge in [0.1, 0.15) is 17.1 Å². The quantitative estimate of drug-likeness (QED) is 0.475. The fraction of sp³-hybridized carbons (Fsp3) is 0.217. The lowest BCUT2D eigenvalue weighted by molar-refractivity contribution is 0.0994. The van der Waals surface area contributed by atoms with Gasteiger partial charge in [0.15, 0.2) is 5.69 Å². The van der Waals surface area contributed by atoms with Crippen molar-refractivity contribution in [1.82, 2.24) is 19.9 Å². The number of benzene rings is 2. The van der Waals surface area contributed by atoms with Gasteiger partial charge in [0, 0.05) is 11.1 Å². The number of amides is 1. The highest BCUT2D eigenvalue weighted by Gasteiger charge is 2.25. The molecule has 1 fully saturated rings. The van der Waals surface area contributed by atoms with Crippen molar-refractivity contribution in [2.45, 2.75) is 18.8 Å². The first-order chi connectivity index (χ1) is 14.7. The zero-order chi connectivity index (χ0) is 20.5. The van der Waals surface area contributed by atoms with Crippen LogP contribution in [0.15, 0.2) is 60.8 Å². The van der Waals surface area contributed by atoms with Gasteiger partial charge in [0.25, 0.3) is 5.91 Å². The third-order valence-corrected chi connectivity index (χ3v) is 5.62. The second-order valence-corrected chi connectivity index (χ2v) is 7.54. The number of carbonyl (C=O) groups excluding carboxylic acids is 1. The van der Waals surface area contributed by atoms with Crippen LogP contribution in [0.4, 0.5) is 0 Å². The van der Waals surface area contributed by atoms with E-state index in [9.17, 15) is 4.79 Å². The SMILES string of the molecule is NC(=O)c1c(-c2ccc(Oc3ccccc3)cc2)[nH]c2c(C3CCNCC3)cnn12. The molecule has 0 bridgehead atoms. The van der Waals surface area contributed by atoms with Gasteiger partial charge in [-0.15, -0.1) is 0 Å². The highest BCUT2D eigenvalue weighted by Crippen LogP contribution is 2.33. The van der Waals surface area contributed by atoms with Crippen LogP contribution >= 0.6 is 0 Å². The summed E-state index contributed by atoms with van der Waals surface area (Å²) in [5, 5.41) is 7.86. The highest BCUT2D eigenvalue weighted by atomic mass is 16.5. The molecule has 5 rings (SSSR count). The van der Waals surface area contributed by atoms with Crippen LogP contribution in [0.1, 0.15) is 34.8 Å². The minimum absolute atomic E-state index is 0.363. The Labute approximate surface area is 173 Å². The van der Waals surface area contributed by atoms with E-state index < -0.39 is 5.91 Å². The molecular weight excluding hydrogens is 378 g/mol. The number of rotatable bonds is 5. The third-order valence-electron chi connectivity index (χ3n) is 5.62. The topological polar surface area (TPSA) is 97.4 Å². The summed E-state index contributed by atoms with van der Waals surface area (Å²) in [4.78, 5) is 15.7. The van der Waals surface area contributed by atoms with E-state index in [0.717, 1.165) is 54.2 Å².